The van der Waals surface area contributed by atoms with Crippen LogP contribution in [0, 0.1) is 5.92 Å². The van der Waals surface area contributed by atoms with Crippen LogP contribution in [0.5, 0.6) is 0 Å². The summed E-state index contributed by atoms with van der Waals surface area (Å²) in [5.74, 6) is 1.27. The van der Waals surface area contributed by atoms with Gasteiger partial charge in [0.15, 0.2) is 0 Å². The minimum absolute atomic E-state index is 0.111. The van der Waals surface area contributed by atoms with Gasteiger partial charge in [-0.2, -0.15) is 4.98 Å². The highest BCUT2D eigenvalue weighted by Gasteiger charge is 2.55. The third kappa shape index (κ3) is 2.60. The van der Waals surface area contributed by atoms with E-state index in [0.717, 1.165) is 17.7 Å². The van der Waals surface area contributed by atoms with Gasteiger partial charge < -0.3 is 9.84 Å². The molecule has 2 aromatic rings. The number of rotatable bonds is 6. The molecule has 126 valence electrons. The van der Waals surface area contributed by atoms with Crippen LogP contribution in [-0.2, 0) is 11.2 Å². The number of aryl methyl sites for hydroxylation is 1. The van der Waals surface area contributed by atoms with E-state index >= 15 is 0 Å². The van der Waals surface area contributed by atoms with Crippen molar-refractivity contribution in [1.29, 1.82) is 0 Å². The second kappa shape index (κ2) is 5.70. The Morgan fingerprint density at radius 2 is 2.29 bits per heavy atom. The third-order valence-corrected chi connectivity index (χ3v) is 5.54. The molecule has 1 aliphatic carbocycles. The molecule has 8 heteroatoms. The van der Waals surface area contributed by atoms with Crippen molar-refractivity contribution in [3.05, 3.63) is 23.4 Å². The molecular formula is C16H18N4O3S. The first-order valence-electron chi connectivity index (χ1n) is 8.08. The standard InChI is InChI=1S/C16H18N4O3S/c1-16(10-6-7-10)14(21)20(15(22)18-16)8-2-5-12-17-13(19-23-12)11-4-3-9-24-11/h3-4,9-10H,2,5-8H2,1H3,(H,18,22)/t16-/m0/s1. The van der Waals surface area contributed by atoms with Crippen LogP contribution in [0.4, 0.5) is 4.79 Å². The molecule has 1 N–H and O–H groups in total. The molecule has 7 nitrogen and oxygen atoms in total. The van der Waals surface area contributed by atoms with Gasteiger partial charge in [-0.25, -0.2) is 4.79 Å². The highest BCUT2D eigenvalue weighted by Crippen LogP contribution is 2.42. The Hall–Kier alpha value is -2.22. The zero-order valence-corrected chi connectivity index (χ0v) is 14.1. The van der Waals surface area contributed by atoms with Crippen LogP contribution < -0.4 is 5.32 Å². The highest BCUT2D eigenvalue weighted by molar-refractivity contribution is 7.13. The van der Waals surface area contributed by atoms with Crippen LogP contribution in [-0.4, -0.2) is 39.1 Å². The third-order valence-electron chi connectivity index (χ3n) is 4.68. The second-order valence-corrected chi connectivity index (χ2v) is 7.40. The van der Waals surface area contributed by atoms with Crippen molar-refractivity contribution in [2.24, 2.45) is 5.92 Å². The first kappa shape index (κ1) is 15.3. The Morgan fingerprint density at radius 3 is 3.00 bits per heavy atom. The van der Waals surface area contributed by atoms with Gasteiger partial charge in [-0.3, -0.25) is 9.69 Å². The normalized spacial score (nSPS) is 23.8. The number of hydrogen-bond acceptors (Lipinski definition) is 6. The Kier molecular flexibility index (Phi) is 3.64. The van der Waals surface area contributed by atoms with E-state index in [9.17, 15) is 9.59 Å². The fourth-order valence-corrected chi connectivity index (χ4v) is 3.76. The lowest BCUT2D eigenvalue weighted by Gasteiger charge is -2.20. The summed E-state index contributed by atoms with van der Waals surface area (Å²) in [7, 11) is 0. The minimum atomic E-state index is -0.714. The van der Waals surface area contributed by atoms with Crippen molar-refractivity contribution in [3.63, 3.8) is 0 Å². The predicted octanol–water partition coefficient (Wildman–Crippen LogP) is 2.45. The van der Waals surface area contributed by atoms with E-state index < -0.39 is 5.54 Å². The number of nitrogens with zero attached hydrogens (tertiary/aromatic N) is 3. The average Bonchev–Trinajstić information content (AvgIpc) is 3.01. The van der Waals surface area contributed by atoms with Crippen molar-refractivity contribution in [2.75, 3.05) is 6.54 Å². The zero-order chi connectivity index (χ0) is 16.7. The van der Waals surface area contributed by atoms with Crippen LogP contribution >= 0.6 is 11.3 Å². The molecule has 4 rings (SSSR count). The first-order chi connectivity index (χ1) is 11.6. The van der Waals surface area contributed by atoms with Gasteiger partial charge in [-0.15, -0.1) is 11.3 Å². The summed E-state index contributed by atoms with van der Waals surface area (Å²) in [6.45, 7) is 2.19. The maximum Gasteiger partial charge on any atom is 0.325 e. The lowest BCUT2D eigenvalue weighted by atomic mass is 9.96. The van der Waals surface area contributed by atoms with Gasteiger partial charge in [0.05, 0.1) is 4.88 Å². The Labute approximate surface area is 143 Å². The molecule has 0 bridgehead atoms. The van der Waals surface area contributed by atoms with E-state index in [0.29, 0.717) is 31.1 Å². The summed E-state index contributed by atoms with van der Waals surface area (Å²) in [5.41, 5.74) is -0.714. The van der Waals surface area contributed by atoms with Gasteiger partial charge in [0.25, 0.3) is 5.91 Å². The van der Waals surface area contributed by atoms with Crippen molar-refractivity contribution in [2.45, 2.75) is 38.1 Å². The van der Waals surface area contributed by atoms with Crippen LogP contribution in [0.2, 0.25) is 0 Å². The van der Waals surface area contributed by atoms with Gasteiger partial charge in [0, 0.05) is 13.0 Å². The smallest absolute Gasteiger partial charge is 0.325 e. The van der Waals surface area contributed by atoms with Gasteiger partial charge in [0.2, 0.25) is 11.7 Å². The van der Waals surface area contributed by atoms with Gasteiger partial charge in [-0.1, -0.05) is 11.2 Å². The fourth-order valence-electron chi connectivity index (χ4n) is 3.11. The summed E-state index contributed by atoms with van der Waals surface area (Å²) in [4.78, 5) is 31.2. The van der Waals surface area contributed by atoms with Crippen molar-refractivity contribution in [1.82, 2.24) is 20.4 Å². The monoisotopic (exact) mass is 346 g/mol. The van der Waals surface area contributed by atoms with Crippen LogP contribution in [0.3, 0.4) is 0 Å². The van der Waals surface area contributed by atoms with Gasteiger partial charge >= 0.3 is 6.03 Å². The number of amides is 3. The second-order valence-electron chi connectivity index (χ2n) is 6.46. The molecule has 0 spiro atoms. The first-order valence-corrected chi connectivity index (χ1v) is 8.96. The maximum absolute atomic E-state index is 12.5. The quantitative estimate of drug-likeness (QED) is 0.812. The molecule has 1 atom stereocenters. The zero-order valence-electron chi connectivity index (χ0n) is 13.3. The molecule has 2 aliphatic rings. The van der Waals surface area contributed by atoms with Crippen molar-refractivity contribution >= 4 is 23.3 Å². The van der Waals surface area contributed by atoms with E-state index in [2.05, 4.69) is 15.5 Å². The number of carbonyl (C=O) groups is 2. The molecule has 1 saturated carbocycles. The molecule has 0 radical (unpaired) electrons. The number of aromatic nitrogens is 2. The minimum Gasteiger partial charge on any atom is -0.339 e. The van der Waals surface area contributed by atoms with Crippen LogP contribution in [0.1, 0.15) is 32.1 Å². The SMILES string of the molecule is C[C@@]1(C2CC2)NC(=O)N(CCCc2nc(-c3cccs3)no2)C1=O. The number of hydrogen-bond donors (Lipinski definition) is 1. The van der Waals surface area contributed by atoms with E-state index in [1.807, 2.05) is 24.4 Å². The Morgan fingerprint density at radius 1 is 1.46 bits per heavy atom. The van der Waals surface area contributed by atoms with E-state index in [1.165, 1.54) is 4.90 Å². The largest absolute Gasteiger partial charge is 0.339 e. The molecule has 0 aromatic carbocycles. The summed E-state index contributed by atoms with van der Waals surface area (Å²) in [6.07, 6.45) is 3.15. The molecule has 3 amide bonds. The van der Waals surface area contributed by atoms with E-state index in [-0.39, 0.29) is 17.9 Å². The molecule has 24 heavy (non-hydrogen) atoms. The van der Waals surface area contributed by atoms with Crippen molar-refractivity contribution in [3.8, 4) is 10.7 Å². The lowest BCUT2D eigenvalue weighted by molar-refractivity contribution is -0.131. The molecule has 2 aromatic heterocycles. The molecule has 0 unspecified atom stereocenters. The van der Waals surface area contributed by atoms with E-state index in [4.69, 9.17) is 4.52 Å². The summed E-state index contributed by atoms with van der Waals surface area (Å²) >= 11 is 1.55. The molecule has 2 fully saturated rings. The molecule has 1 saturated heterocycles. The number of urea groups is 1. The maximum atomic E-state index is 12.5. The van der Waals surface area contributed by atoms with Crippen molar-refractivity contribution < 1.29 is 14.1 Å². The van der Waals surface area contributed by atoms with Gasteiger partial charge in [0.1, 0.15) is 5.54 Å². The summed E-state index contributed by atoms with van der Waals surface area (Å²) in [5, 5.41) is 8.77. The van der Waals surface area contributed by atoms with Crippen LogP contribution in [0.25, 0.3) is 10.7 Å². The molecule has 3 heterocycles. The Balaban J connectivity index is 1.34. The van der Waals surface area contributed by atoms with Crippen LogP contribution in [0.15, 0.2) is 22.0 Å². The molecule has 1 aliphatic heterocycles. The summed E-state index contributed by atoms with van der Waals surface area (Å²) < 4.78 is 5.24. The fraction of sp³-hybridized carbons (Fsp3) is 0.500. The number of carbonyl (C=O) groups excluding carboxylic acids is 2. The lowest BCUT2D eigenvalue weighted by Crippen LogP contribution is -2.46. The topological polar surface area (TPSA) is 88.3 Å². The Bertz CT molecular complexity index is 768. The summed E-state index contributed by atoms with van der Waals surface area (Å²) in [6, 6.07) is 3.58. The number of imide groups is 1. The number of thiophene rings is 1. The predicted molar refractivity (Wildman–Crippen MR) is 87.3 cm³/mol. The number of nitrogens with one attached hydrogen (secondary N) is 1. The molecular weight excluding hydrogens is 328 g/mol. The van der Waals surface area contributed by atoms with E-state index in [1.54, 1.807) is 11.3 Å². The van der Waals surface area contributed by atoms with Gasteiger partial charge in [-0.05, 0) is 43.6 Å². The highest BCUT2D eigenvalue weighted by atomic mass is 32.1. The average molecular weight is 346 g/mol.